The van der Waals surface area contributed by atoms with Gasteiger partial charge in [0.25, 0.3) is 0 Å². The van der Waals surface area contributed by atoms with Crippen molar-refractivity contribution < 1.29 is 4.74 Å². The largest absolute Gasteiger partial charge is 0.479 e. The molecular weight excluding hydrogens is 228 g/mol. The fourth-order valence-corrected chi connectivity index (χ4v) is 2.24. The third kappa shape index (κ3) is 3.50. The number of rotatable bonds is 5. The molecule has 0 spiro atoms. The summed E-state index contributed by atoms with van der Waals surface area (Å²) in [7, 11) is 1.58. The van der Waals surface area contributed by atoms with E-state index >= 15 is 0 Å². The number of piperidine rings is 1. The van der Waals surface area contributed by atoms with E-state index in [9.17, 15) is 0 Å². The summed E-state index contributed by atoms with van der Waals surface area (Å²) in [6.07, 6.45) is 4.03. The SMILES string of the molecule is COc1nc(NCCN2CCCCC2)ccc1N. The molecule has 18 heavy (non-hydrogen) atoms. The number of nitrogens with zero attached hydrogens (tertiary/aromatic N) is 2. The Bertz CT molecular complexity index is 377. The van der Waals surface area contributed by atoms with Crippen molar-refractivity contribution in [3.8, 4) is 5.88 Å². The highest BCUT2D eigenvalue weighted by Gasteiger charge is 2.09. The number of methoxy groups -OCH3 is 1. The number of nitrogens with one attached hydrogen (secondary N) is 1. The van der Waals surface area contributed by atoms with Crippen LogP contribution in [0.15, 0.2) is 12.1 Å². The molecule has 5 nitrogen and oxygen atoms in total. The lowest BCUT2D eigenvalue weighted by atomic mass is 10.1. The number of hydrogen-bond donors (Lipinski definition) is 2. The molecule has 2 rings (SSSR count). The summed E-state index contributed by atoms with van der Waals surface area (Å²) in [6.45, 7) is 4.41. The summed E-state index contributed by atoms with van der Waals surface area (Å²) in [4.78, 5) is 6.79. The summed E-state index contributed by atoms with van der Waals surface area (Å²) in [5, 5.41) is 3.31. The molecular formula is C13H22N4O. The van der Waals surface area contributed by atoms with E-state index in [2.05, 4.69) is 15.2 Å². The van der Waals surface area contributed by atoms with Crippen LogP contribution in [-0.2, 0) is 0 Å². The predicted molar refractivity (Wildman–Crippen MR) is 74.0 cm³/mol. The summed E-state index contributed by atoms with van der Waals surface area (Å²) in [5.41, 5.74) is 6.29. The van der Waals surface area contributed by atoms with E-state index < -0.39 is 0 Å². The van der Waals surface area contributed by atoms with Crippen LogP contribution < -0.4 is 15.8 Å². The summed E-state index contributed by atoms with van der Waals surface area (Å²) >= 11 is 0. The fraction of sp³-hybridized carbons (Fsp3) is 0.615. The lowest BCUT2D eigenvalue weighted by Crippen LogP contribution is -2.33. The smallest absolute Gasteiger partial charge is 0.238 e. The van der Waals surface area contributed by atoms with Gasteiger partial charge in [0.2, 0.25) is 5.88 Å². The molecule has 0 bridgehead atoms. The maximum atomic E-state index is 5.72. The van der Waals surface area contributed by atoms with Crippen LogP contribution in [0.5, 0.6) is 5.88 Å². The molecule has 1 fully saturated rings. The topological polar surface area (TPSA) is 63.4 Å². The molecule has 3 N–H and O–H groups in total. The number of anilines is 2. The number of nitrogen functional groups attached to an aromatic ring is 1. The fourth-order valence-electron chi connectivity index (χ4n) is 2.24. The molecule has 0 atom stereocenters. The van der Waals surface area contributed by atoms with E-state index in [1.165, 1.54) is 32.4 Å². The van der Waals surface area contributed by atoms with Gasteiger partial charge in [0.05, 0.1) is 12.8 Å². The Balaban J connectivity index is 1.79. The highest BCUT2D eigenvalue weighted by atomic mass is 16.5. The van der Waals surface area contributed by atoms with Crippen LogP contribution >= 0.6 is 0 Å². The quantitative estimate of drug-likeness (QED) is 0.830. The average Bonchev–Trinajstić information content (AvgIpc) is 2.42. The molecule has 1 aromatic rings. The molecule has 1 aliphatic heterocycles. The van der Waals surface area contributed by atoms with Gasteiger partial charge in [-0.1, -0.05) is 6.42 Å². The zero-order valence-electron chi connectivity index (χ0n) is 11.0. The minimum absolute atomic E-state index is 0.484. The molecule has 1 aromatic heterocycles. The Morgan fingerprint density at radius 1 is 1.33 bits per heavy atom. The molecule has 1 aliphatic rings. The van der Waals surface area contributed by atoms with Gasteiger partial charge in [-0.3, -0.25) is 0 Å². The van der Waals surface area contributed by atoms with Crippen molar-refractivity contribution in [2.45, 2.75) is 19.3 Å². The second-order valence-electron chi connectivity index (χ2n) is 4.62. The van der Waals surface area contributed by atoms with Gasteiger partial charge in [-0.2, -0.15) is 4.98 Å². The van der Waals surface area contributed by atoms with Gasteiger partial charge < -0.3 is 20.7 Å². The van der Waals surface area contributed by atoms with Crippen molar-refractivity contribution in [3.05, 3.63) is 12.1 Å². The molecule has 100 valence electrons. The number of aromatic nitrogens is 1. The van der Waals surface area contributed by atoms with E-state index in [-0.39, 0.29) is 0 Å². The van der Waals surface area contributed by atoms with Crippen molar-refractivity contribution in [2.24, 2.45) is 0 Å². The maximum absolute atomic E-state index is 5.72. The molecule has 0 unspecified atom stereocenters. The predicted octanol–water partition coefficient (Wildman–Crippen LogP) is 1.57. The van der Waals surface area contributed by atoms with Crippen LogP contribution in [0.3, 0.4) is 0 Å². The first kappa shape index (κ1) is 13.0. The highest BCUT2D eigenvalue weighted by Crippen LogP contribution is 2.19. The summed E-state index contributed by atoms with van der Waals surface area (Å²) in [5.74, 6) is 1.30. The second kappa shape index (κ2) is 6.44. The summed E-state index contributed by atoms with van der Waals surface area (Å²) < 4.78 is 5.10. The minimum atomic E-state index is 0.484. The highest BCUT2D eigenvalue weighted by molar-refractivity contribution is 5.53. The van der Waals surface area contributed by atoms with E-state index in [1.54, 1.807) is 7.11 Å². The van der Waals surface area contributed by atoms with Crippen LogP contribution in [0.4, 0.5) is 11.5 Å². The first-order chi connectivity index (χ1) is 8.79. The number of pyridine rings is 1. The van der Waals surface area contributed by atoms with E-state index in [0.717, 1.165) is 18.9 Å². The summed E-state index contributed by atoms with van der Waals surface area (Å²) in [6, 6.07) is 3.70. The molecule has 2 heterocycles. The molecule has 0 aliphatic carbocycles. The zero-order valence-corrected chi connectivity index (χ0v) is 11.0. The zero-order chi connectivity index (χ0) is 12.8. The Kier molecular flexibility index (Phi) is 4.64. The van der Waals surface area contributed by atoms with Crippen molar-refractivity contribution in [2.75, 3.05) is 44.3 Å². The number of hydrogen-bond acceptors (Lipinski definition) is 5. The third-order valence-corrected chi connectivity index (χ3v) is 3.27. The molecule has 0 radical (unpaired) electrons. The van der Waals surface area contributed by atoms with E-state index in [4.69, 9.17) is 10.5 Å². The first-order valence-electron chi connectivity index (χ1n) is 6.56. The van der Waals surface area contributed by atoms with Crippen LogP contribution in [0.2, 0.25) is 0 Å². The van der Waals surface area contributed by atoms with Crippen LogP contribution in [0, 0.1) is 0 Å². The second-order valence-corrected chi connectivity index (χ2v) is 4.62. The number of ether oxygens (including phenoxy) is 1. The normalized spacial score (nSPS) is 16.5. The third-order valence-electron chi connectivity index (χ3n) is 3.27. The van der Waals surface area contributed by atoms with Crippen LogP contribution in [-0.4, -0.2) is 43.2 Å². The Morgan fingerprint density at radius 3 is 2.83 bits per heavy atom. The Labute approximate surface area is 108 Å². The molecule has 0 amide bonds. The van der Waals surface area contributed by atoms with Crippen molar-refractivity contribution in [3.63, 3.8) is 0 Å². The molecule has 1 saturated heterocycles. The minimum Gasteiger partial charge on any atom is -0.479 e. The lowest BCUT2D eigenvalue weighted by molar-refractivity contribution is 0.237. The molecule has 0 saturated carbocycles. The number of nitrogens with two attached hydrogens (primary N) is 1. The first-order valence-corrected chi connectivity index (χ1v) is 6.56. The van der Waals surface area contributed by atoms with Crippen LogP contribution in [0.25, 0.3) is 0 Å². The molecule has 5 heteroatoms. The van der Waals surface area contributed by atoms with Crippen LogP contribution in [0.1, 0.15) is 19.3 Å². The van der Waals surface area contributed by atoms with Gasteiger partial charge in [0.15, 0.2) is 0 Å². The van der Waals surface area contributed by atoms with Gasteiger partial charge >= 0.3 is 0 Å². The Hall–Kier alpha value is -1.49. The van der Waals surface area contributed by atoms with Gasteiger partial charge in [0, 0.05) is 13.1 Å². The lowest BCUT2D eigenvalue weighted by Gasteiger charge is -2.26. The van der Waals surface area contributed by atoms with Crippen molar-refractivity contribution >= 4 is 11.5 Å². The van der Waals surface area contributed by atoms with Crippen molar-refractivity contribution in [1.29, 1.82) is 0 Å². The van der Waals surface area contributed by atoms with E-state index in [1.807, 2.05) is 12.1 Å². The van der Waals surface area contributed by atoms with Gasteiger partial charge in [-0.05, 0) is 38.1 Å². The number of likely N-dealkylation sites (tertiary alicyclic amines) is 1. The molecule has 0 aromatic carbocycles. The van der Waals surface area contributed by atoms with E-state index in [0.29, 0.717) is 11.6 Å². The monoisotopic (exact) mass is 250 g/mol. The maximum Gasteiger partial charge on any atom is 0.238 e. The van der Waals surface area contributed by atoms with Gasteiger partial charge in [-0.15, -0.1) is 0 Å². The Morgan fingerprint density at radius 2 is 2.11 bits per heavy atom. The van der Waals surface area contributed by atoms with Gasteiger partial charge in [-0.25, -0.2) is 0 Å². The standard InChI is InChI=1S/C13H22N4O/c1-18-13-11(14)5-6-12(16-13)15-7-10-17-8-3-2-4-9-17/h5-6H,2-4,7-10,14H2,1H3,(H,15,16). The average molecular weight is 250 g/mol. The van der Waals surface area contributed by atoms with Crippen molar-refractivity contribution in [1.82, 2.24) is 9.88 Å². The van der Waals surface area contributed by atoms with Gasteiger partial charge in [0.1, 0.15) is 5.82 Å².